The van der Waals surface area contributed by atoms with Gasteiger partial charge < -0.3 is 9.72 Å². The molecule has 0 bridgehead atoms. The molecule has 1 aliphatic rings. The number of nitrogens with one attached hydrogen (secondary N) is 1. The monoisotopic (exact) mass is 265 g/mol. The second-order valence-corrected chi connectivity index (χ2v) is 8.96. The van der Waals surface area contributed by atoms with Crippen LogP contribution in [0.1, 0.15) is 39.5 Å². The molecule has 0 spiro atoms. The van der Waals surface area contributed by atoms with Gasteiger partial charge in [0.05, 0.1) is 0 Å². The van der Waals surface area contributed by atoms with Crippen molar-refractivity contribution in [2.45, 2.75) is 45.6 Å². The van der Waals surface area contributed by atoms with Gasteiger partial charge in [0.15, 0.2) is 0 Å². The van der Waals surface area contributed by atoms with Gasteiger partial charge in [-0.15, -0.1) is 0 Å². The number of hydrogen-bond acceptors (Lipinski definition) is 1. The fourth-order valence-corrected chi connectivity index (χ4v) is 5.85. The molecule has 1 fully saturated rings. The van der Waals surface area contributed by atoms with Crippen LogP contribution in [0.4, 0.5) is 0 Å². The first kappa shape index (κ1) is 13.9. The zero-order chi connectivity index (χ0) is 12.8. The fraction of sp³-hybridized carbons (Fsp3) is 0.733. The highest BCUT2D eigenvalue weighted by Crippen LogP contribution is 2.24. The summed E-state index contributed by atoms with van der Waals surface area (Å²) in [5, 5.41) is 1.47. The van der Waals surface area contributed by atoms with E-state index in [0.29, 0.717) is 0 Å². The number of hydrogen-bond donors (Lipinski definition) is 1. The standard InChI is InChI=1S/C15H27NOSi/c1-13(2)11-18(15-8-5-9-16-15)12-17-10-14-6-3-4-7-14/h5,8-9,13-14,16,18H,3-4,6-7,10-12H2,1-2H3. The van der Waals surface area contributed by atoms with Crippen molar-refractivity contribution < 1.29 is 4.74 Å². The normalized spacial score (nSPS) is 18.6. The predicted octanol–water partition coefficient (Wildman–Crippen LogP) is 2.85. The van der Waals surface area contributed by atoms with Crippen LogP contribution in [0.25, 0.3) is 0 Å². The molecule has 0 aliphatic heterocycles. The van der Waals surface area contributed by atoms with Crippen molar-refractivity contribution >= 4 is 14.1 Å². The number of aromatic amines is 1. The lowest BCUT2D eigenvalue weighted by Gasteiger charge is -2.18. The summed E-state index contributed by atoms with van der Waals surface area (Å²) in [6.45, 7) is 5.64. The number of rotatable bonds is 7. The minimum absolute atomic E-state index is 0.778. The molecule has 0 aromatic carbocycles. The maximum Gasteiger partial charge on any atom is 0.121 e. The Morgan fingerprint density at radius 3 is 2.78 bits per heavy atom. The molecule has 1 N–H and O–H groups in total. The zero-order valence-electron chi connectivity index (χ0n) is 11.8. The highest BCUT2D eigenvalue weighted by molar-refractivity contribution is 6.72. The van der Waals surface area contributed by atoms with Crippen LogP contribution in [0.3, 0.4) is 0 Å². The van der Waals surface area contributed by atoms with Crippen molar-refractivity contribution in [1.29, 1.82) is 0 Å². The van der Waals surface area contributed by atoms with Gasteiger partial charge in [-0.3, -0.25) is 0 Å². The van der Waals surface area contributed by atoms with Crippen molar-refractivity contribution in [3.63, 3.8) is 0 Å². The van der Waals surface area contributed by atoms with Crippen LogP contribution in [0, 0.1) is 11.8 Å². The minimum Gasteiger partial charge on any atom is -0.384 e. The van der Waals surface area contributed by atoms with E-state index in [1.165, 1.54) is 37.0 Å². The Kier molecular flexibility index (Phi) is 5.51. The van der Waals surface area contributed by atoms with E-state index < -0.39 is 8.80 Å². The second-order valence-electron chi connectivity index (χ2n) is 6.14. The zero-order valence-corrected chi connectivity index (χ0v) is 13.0. The minimum atomic E-state index is -0.939. The third kappa shape index (κ3) is 4.29. The van der Waals surface area contributed by atoms with E-state index in [2.05, 4.69) is 31.0 Å². The molecule has 0 radical (unpaired) electrons. The van der Waals surface area contributed by atoms with Crippen LogP contribution in [-0.4, -0.2) is 26.6 Å². The highest BCUT2D eigenvalue weighted by atomic mass is 28.3. The highest BCUT2D eigenvalue weighted by Gasteiger charge is 2.19. The van der Waals surface area contributed by atoms with Crippen molar-refractivity contribution in [3.05, 3.63) is 18.3 Å². The Balaban J connectivity index is 1.77. The summed E-state index contributed by atoms with van der Waals surface area (Å²) >= 11 is 0. The van der Waals surface area contributed by atoms with Gasteiger partial charge in [0.1, 0.15) is 8.80 Å². The van der Waals surface area contributed by atoms with Crippen LogP contribution in [0.5, 0.6) is 0 Å². The lowest BCUT2D eigenvalue weighted by Crippen LogP contribution is -2.37. The van der Waals surface area contributed by atoms with Gasteiger partial charge in [-0.05, 0) is 42.1 Å². The SMILES string of the molecule is CC(C)C[SiH](COCC1CCCC1)c1ccc[nH]1. The van der Waals surface area contributed by atoms with E-state index in [4.69, 9.17) is 4.74 Å². The molecular formula is C15H27NOSi. The molecule has 18 heavy (non-hydrogen) atoms. The molecular weight excluding hydrogens is 238 g/mol. The van der Waals surface area contributed by atoms with E-state index in [9.17, 15) is 0 Å². The van der Waals surface area contributed by atoms with Gasteiger partial charge in [0.25, 0.3) is 0 Å². The number of H-pyrrole nitrogens is 1. The average Bonchev–Trinajstić information content (AvgIpc) is 3.00. The Labute approximate surface area is 113 Å². The predicted molar refractivity (Wildman–Crippen MR) is 80.0 cm³/mol. The first-order valence-electron chi connectivity index (χ1n) is 7.46. The van der Waals surface area contributed by atoms with Crippen LogP contribution in [0.15, 0.2) is 18.3 Å². The maximum absolute atomic E-state index is 6.05. The molecule has 3 heteroatoms. The molecule has 1 aromatic rings. The number of aromatic nitrogens is 1. The molecule has 1 aromatic heterocycles. The van der Waals surface area contributed by atoms with Gasteiger partial charge in [0.2, 0.25) is 0 Å². The van der Waals surface area contributed by atoms with Gasteiger partial charge in [-0.25, -0.2) is 0 Å². The third-order valence-electron chi connectivity index (χ3n) is 3.97. The van der Waals surface area contributed by atoms with E-state index in [-0.39, 0.29) is 0 Å². The fourth-order valence-electron chi connectivity index (χ4n) is 3.01. The first-order valence-corrected chi connectivity index (χ1v) is 9.67. The smallest absolute Gasteiger partial charge is 0.121 e. The van der Waals surface area contributed by atoms with Crippen LogP contribution in [0.2, 0.25) is 6.04 Å². The lowest BCUT2D eigenvalue weighted by molar-refractivity contribution is 0.135. The number of ether oxygens (including phenoxy) is 1. The van der Waals surface area contributed by atoms with E-state index >= 15 is 0 Å². The van der Waals surface area contributed by atoms with E-state index in [1.54, 1.807) is 0 Å². The average molecular weight is 265 g/mol. The molecule has 0 saturated heterocycles. The molecule has 1 aliphatic carbocycles. The van der Waals surface area contributed by atoms with Gasteiger partial charge >= 0.3 is 0 Å². The summed E-state index contributed by atoms with van der Waals surface area (Å²) in [6.07, 6.45) is 8.66. The largest absolute Gasteiger partial charge is 0.384 e. The summed E-state index contributed by atoms with van der Waals surface area (Å²) in [6, 6.07) is 5.70. The Hall–Kier alpha value is -0.543. The Morgan fingerprint density at radius 1 is 1.39 bits per heavy atom. The molecule has 2 nitrogen and oxygen atoms in total. The van der Waals surface area contributed by atoms with Gasteiger partial charge in [-0.2, -0.15) is 0 Å². The third-order valence-corrected chi connectivity index (χ3v) is 7.35. The molecule has 1 saturated carbocycles. The van der Waals surface area contributed by atoms with Gasteiger partial charge in [-0.1, -0.05) is 32.7 Å². The first-order chi connectivity index (χ1) is 8.75. The summed E-state index contributed by atoms with van der Waals surface area (Å²) in [5.74, 6) is 1.63. The topological polar surface area (TPSA) is 25.0 Å². The maximum atomic E-state index is 6.05. The lowest BCUT2D eigenvalue weighted by atomic mass is 10.1. The van der Waals surface area contributed by atoms with Crippen molar-refractivity contribution in [3.8, 4) is 0 Å². The molecule has 1 heterocycles. The van der Waals surface area contributed by atoms with E-state index in [0.717, 1.165) is 24.7 Å². The van der Waals surface area contributed by atoms with Crippen LogP contribution in [-0.2, 0) is 4.74 Å². The second kappa shape index (κ2) is 7.15. The summed E-state index contributed by atoms with van der Waals surface area (Å²) in [4.78, 5) is 3.40. The van der Waals surface area contributed by atoms with Crippen molar-refractivity contribution in [1.82, 2.24) is 4.98 Å². The Bertz CT molecular complexity index is 317. The van der Waals surface area contributed by atoms with Crippen LogP contribution < -0.4 is 5.32 Å². The Morgan fingerprint density at radius 2 is 2.17 bits per heavy atom. The van der Waals surface area contributed by atoms with Crippen molar-refractivity contribution in [2.24, 2.45) is 11.8 Å². The quantitative estimate of drug-likeness (QED) is 0.754. The molecule has 1 atom stereocenters. The summed E-state index contributed by atoms with van der Waals surface area (Å²) in [5.41, 5.74) is 0. The summed E-state index contributed by atoms with van der Waals surface area (Å²) in [7, 11) is -0.939. The summed E-state index contributed by atoms with van der Waals surface area (Å²) < 4.78 is 6.05. The molecule has 1 unspecified atom stereocenters. The van der Waals surface area contributed by atoms with Gasteiger partial charge in [0, 0.05) is 19.0 Å². The van der Waals surface area contributed by atoms with Crippen molar-refractivity contribution in [2.75, 3.05) is 12.8 Å². The molecule has 0 amide bonds. The molecule has 2 rings (SSSR count). The van der Waals surface area contributed by atoms with E-state index in [1.807, 2.05) is 6.20 Å². The molecule has 102 valence electrons. The van der Waals surface area contributed by atoms with Crippen LogP contribution >= 0.6 is 0 Å².